The van der Waals surface area contributed by atoms with Gasteiger partial charge >= 0.3 is 0 Å². The molecule has 2 aromatic rings. The summed E-state index contributed by atoms with van der Waals surface area (Å²) in [5, 5.41) is 9.58. The quantitative estimate of drug-likeness (QED) is 0.817. The molecule has 1 aliphatic carbocycles. The number of phenols is 1. The number of Topliss-reactive ketones (excluding diaryl/α,β-unsaturated/α-hetero) is 1. The molecule has 3 heteroatoms. The molecule has 4 rings (SSSR count). The van der Waals surface area contributed by atoms with Gasteiger partial charge in [0.2, 0.25) is 0 Å². The molecule has 1 heterocycles. The molecule has 0 amide bonds. The van der Waals surface area contributed by atoms with E-state index in [1.54, 1.807) is 18.2 Å². The van der Waals surface area contributed by atoms with Crippen LogP contribution in [0.25, 0.3) is 6.08 Å². The maximum Gasteiger partial charge on any atom is 0.189 e. The first-order valence-corrected chi connectivity index (χ1v) is 9.13. The molecule has 0 atom stereocenters. The summed E-state index contributed by atoms with van der Waals surface area (Å²) < 4.78 is 0. The Morgan fingerprint density at radius 1 is 0.920 bits per heavy atom. The Morgan fingerprint density at radius 3 is 2.44 bits per heavy atom. The molecule has 3 nitrogen and oxygen atoms in total. The number of benzene rings is 2. The lowest BCUT2D eigenvalue weighted by atomic mass is 9.86. The Balaban J connectivity index is 1.54. The molecule has 0 saturated carbocycles. The van der Waals surface area contributed by atoms with Crippen LogP contribution in [0.15, 0.2) is 48.0 Å². The number of allylic oxidation sites excluding steroid dienone is 1. The summed E-state index contributed by atoms with van der Waals surface area (Å²) in [5.74, 6) is 0.314. The highest BCUT2D eigenvalue weighted by atomic mass is 16.3. The molecule has 0 bridgehead atoms. The molecule has 1 fully saturated rings. The molecule has 1 saturated heterocycles. The summed E-state index contributed by atoms with van der Waals surface area (Å²) in [6, 6.07) is 13.6. The second kappa shape index (κ2) is 6.75. The van der Waals surface area contributed by atoms with E-state index in [1.807, 2.05) is 6.08 Å². The third kappa shape index (κ3) is 3.32. The Kier molecular flexibility index (Phi) is 4.31. The van der Waals surface area contributed by atoms with Gasteiger partial charge in [0.05, 0.1) is 0 Å². The number of ketones is 1. The zero-order chi connectivity index (χ0) is 17.2. The number of nitrogens with zero attached hydrogens (tertiary/aromatic N) is 1. The van der Waals surface area contributed by atoms with Crippen LogP contribution in [0, 0.1) is 0 Å². The van der Waals surface area contributed by atoms with Crippen molar-refractivity contribution in [3.63, 3.8) is 0 Å². The largest absolute Gasteiger partial charge is 0.508 e. The fraction of sp³-hybridized carbons (Fsp3) is 0.318. The minimum atomic E-state index is 0.0846. The SMILES string of the molecule is O=C1C(=Cc2ccc(N3CCCCC3)cc2)CCc2cc(O)ccc21. The van der Waals surface area contributed by atoms with Gasteiger partial charge in [-0.3, -0.25) is 4.79 Å². The summed E-state index contributed by atoms with van der Waals surface area (Å²) in [7, 11) is 0. The fourth-order valence-electron chi connectivity index (χ4n) is 3.84. The van der Waals surface area contributed by atoms with Crippen molar-refractivity contribution in [3.05, 3.63) is 64.7 Å². The predicted molar refractivity (Wildman–Crippen MR) is 101 cm³/mol. The maximum absolute atomic E-state index is 12.7. The summed E-state index contributed by atoms with van der Waals surface area (Å²) in [5.41, 5.74) is 4.87. The van der Waals surface area contributed by atoms with E-state index in [0.29, 0.717) is 0 Å². The zero-order valence-corrected chi connectivity index (χ0v) is 14.4. The first kappa shape index (κ1) is 15.9. The Bertz CT molecular complexity index is 814. The van der Waals surface area contributed by atoms with E-state index in [-0.39, 0.29) is 11.5 Å². The highest BCUT2D eigenvalue weighted by molar-refractivity contribution is 6.13. The van der Waals surface area contributed by atoms with Gasteiger partial charge in [0.25, 0.3) is 0 Å². The maximum atomic E-state index is 12.7. The van der Waals surface area contributed by atoms with Crippen LogP contribution in [-0.2, 0) is 6.42 Å². The number of piperidine rings is 1. The van der Waals surface area contributed by atoms with Gasteiger partial charge in [-0.25, -0.2) is 0 Å². The van der Waals surface area contributed by atoms with Crippen LogP contribution in [-0.4, -0.2) is 24.0 Å². The Hall–Kier alpha value is -2.55. The third-order valence-electron chi connectivity index (χ3n) is 5.24. The molecule has 2 aromatic carbocycles. The van der Waals surface area contributed by atoms with Crippen molar-refractivity contribution in [2.24, 2.45) is 0 Å². The first-order chi connectivity index (χ1) is 12.2. The second-order valence-electron chi connectivity index (χ2n) is 6.98. The molecule has 0 unspecified atom stereocenters. The van der Waals surface area contributed by atoms with E-state index < -0.39 is 0 Å². The normalized spacial score (nSPS) is 19.1. The van der Waals surface area contributed by atoms with E-state index in [4.69, 9.17) is 0 Å². The molecule has 0 spiro atoms. The number of hydrogen-bond acceptors (Lipinski definition) is 3. The molecular weight excluding hydrogens is 310 g/mol. The Morgan fingerprint density at radius 2 is 1.68 bits per heavy atom. The van der Waals surface area contributed by atoms with Gasteiger partial charge in [0.1, 0.15) is 5.75 Å². The van der Waals surface area contributed by atoms with Crippen LogP contribution in [0.3, 0.4) is 0 Å². The third-order valence-corrected chi connectivity index (χ3v) is 5.24. The number of aryl methyl sites for hydroxylation is 1. The van der Waals surface area contributed by atoms with Crippen LogP contribution < -0.4 is 4.90 Å². The minimum Gasteiger partial charge on any atom is -0.508 e. The molecule has 0 aromatic heterocycles. The van der Waals surface area contributed by atoms with Gasteiger partial charge in [-0.15, -0.1) is 0 Å². The molecule has 1 N–H and O–H groups in total. The second-order valence-corrected chi connectivity index (χ2v) is 6.98. The van der Waals surface area contributed by atoms with Crippen molar-refractivity contribution in [1.82, 2.24) is 0 Å². The average molecular weight is 333 g/mol. The van der Waals surface area contributed by atoms with Crippen molar-refractivity contribution in [3.8, 4) is 5.75 Å². The number of carbonyl (C=O) groups excluding carboxylic acids is 1. The van der Waals surface area contributed by atoms with Gasteiger partial charge in [-0.2, -0.15) is 0 Å². The number of fused-ring (bicyclic) bond motifs is 1. The minimum absolute atomic E-state index is 0.0846. The molecule has 1 aliphatic heterocycles. The summed E-state index contributed by atoms with van der Waals surface area (Å²) in [4.78, 5) is 15.1. The van der Waals surface area contributed by atoms with E-state index in [9.17, 15) is 9.90 Å². The van der Waals surface area contributed by atoms with Crippen molar-refractivity contribution in [2.45, 2.75) is 32.1 Å². The van der Waals surface area contributed by atoms with E-state index in [2.05, 4.69) is 29.2 Å². The zero-order valence-electron chi connectivity index (χ0n) is 14.4. The van der Waals surface area contributed by atoms with Crippen LogP contribution in [0.1, 0.15) is 47.2 Å². The predicted octanol–water partition coefficient (Wildman–Crippen LogP) is 4.60. The van der Waals surface area contributed by atoms with E-state index in [0.717, 1.165) is 48.2 Å². The monoisotopic (exact) mass is 333 g/mol. The van der Waals surface area contributed by atoms with Crippen LogP contribution in [0.5, 0.6) is 5.75 Å². The van der Waals surface area contributed by atoms with Gasteiger partial charge in [-0.1, -0.05) is 12.1 Å². The van der Waals surface area contributed by atoms with Crippen LogP contribution in [0.4, 0.5) is 5.69 Å². The van der Waals surface area contributed by atoms with E-state index in [1.165, 1.54) is 24.9 Å². The molecule has 128 valence electrons. The first-order valence-electron chi connectivity index (χ1n) is 9.13. The smallest absolute Gasteiger partial charge is 0.189 e. The van der Waals surface area contributed by atoms with Crippen molar-refractivity contribution in [1.29, 1.82) is 0 Å². The Labute approximate surface area is 148 Å². The number of aromatic hydroxyl groups is 1. The molecular formula is C22H23NO2. The van der Waals surface area contributed by atoms with Gasteiger partial charge < -0.3 is 10.0 Å². The lowest BCUT2D eigenvalue weighted by Crippen LogP contribution is -2.29. The standard InChI is InChI=1S/C22H23NO2/c24-20-10-11-21-17(15-20)6-7-18(22(21)25)14-16-4-8-19(9-5-16)23-12-2-1-3-13-23/h4-5,8-11,14-15,24H,1-3,6-7,12-13H2. The van der Waals surface area contributed by atoms with Crippen molar-refractivity contribution < 1.29 is 9.90 Å². The molecule has 2 aliphatic rings. The number of carbonyl (C=O) groups is 1. The highest BCUT2D eigenvalue weighted by Gasteiger charge is 2.22. The van der Waals surface area contributed by atoms with Crippen molar-refractivity contribution >= 4 is 17.5 Å². The van der Waals surface area contributed by atoms with Crippen molar-refractivity contribution in [2.75, 3.05) is 18.0 Å². The number of rotatable bonds is 2. The summed E-state index contributed by atoms with van der Waals surface area (Å²) in [6.45, 7) is 2.28. The van der Waals surface area contributed by atoms with Gasteiger partial charge in [0, 0.05) is 29.9 Å². The lowest BCUT2D eigenvalue weighted by Gasteiger charge is -2.28. The van der Waals surface area contributed by atoms with Gasteiger partial charge in [0.15, 0.2) is 5.78 Å². The average Bonchev–Trinajstić information content (AvgIpc) is 2.65. The van der Waals surface area contributed by atoms with Crippen LogP contribution >= 0.6 is 0 Å². The van der Waals surface area contributed by atoms with Gasteiger partial charge in [-0.05, 0) is 79.6 Å². The van der Waals surface area contributed by atoms with Crippen LogP contribution in [0.2, 0.25) is 0 Å². The van der Waals surface area contributed by atoms with E-state index >= 15 is 0 Å². The molecule has 25 heavy (non-hydrogen) atoms. The highest BCUT2D eigenvalue weighted by Crippen LogP contribution is 2.29. The number of hydrogen-bond donors (Lipinski definition) is 1. The summed E-state index contributed by atoms with van der Waals surface area (Å²) >= 11 is 0. The fourth-order valence-corrected chi connectivity index (χ4v) is 3.84. The molecule has 0 radical (unpaired) electrons. The lowest BCUT2D eigenvalue weighted by molar-refractivity contribution is 0.102. The topological polar surface area (TPSA) is 40.5 Å². The summed E-state index contributed by atoms with van der Waals surface area (Å²) in [6.07, 6.45) is 7.42. The number of phenolic OH excluding ortho intramolecular Hbond substituents is 1. The number of anilines is 1.